The first-order valence-corrected chi connectivity index (χ1v) is 10.3. The summed E-state index contributed by atoms with van der Waals surface area (Å²) >= 11 is 1.36. The van der Waals surface area contributed by atoms with Crippen molar-refractivity contribution in [3.63, 3.8) is 0 Å². The van der Waals surface area contributed by atoms with Crippen LogP contribution in [0.4, 0.5) is 5.13 Å². The second kappa shape index (κ2) is 10.6. The molecule has 1 amide bonds. The molecule has 1 aromatic heterocycles. The van der Waals surface area contributed by atoms with Crippen LogP contribution in [-0.4, -0.2) is 37.8 Å². The molecule has 0 saturated heterocycles. The van der Waals surface area contributed by atoms with Gasteiger partial charge in [0.15, 0.2) is 5.13 Å². The average molecular weight is 425 g/mol. The first-order chi connectivity index (χ1) is 14.6. The Labute approximate surface area is 180 Å². The molecule has 0 radical (unpaired) electrons. The van der Waals surface area contributed by atoms with Crippen LogP contribution in [0.2, 0.25) is 0 Å². The summed E-state index contributed by atoms with van der Waals surface area (Å²) in [6, 6.07) is 13.1. The van der Waals surface area contributed by atoms with E-state index in [1.165, 1.54) is 11.3 Å². The van der Waals surface area contributed by atoms with E-state index in [0.717, 1.165) is 16.9 Å². The summed E-state index contributed by atoms with van der Waals surface area (Å²) in [5.41, 5.74) is 2.24. The minimum atomic E-state index is -0.248. The maximum absolute atomic E-state index is 12.7. The molecule has 6 nitrogen and oxygen atoms in total. The van der Waals surface area contributed by atoms with Gasteiger partial charge in [-0.05, 0) is 36.8 Å². The number of ether oxygens (including phenoxy) is 3. The number of aromatic nitrogens is 1. The van der Waals surface area contributed by atoms with Gasteiger partial charge < -0.3 is 14.2 Å². The smallest absolute Gasteiger partial charge is 0.257 e. The fraction of sp³-hybridized carbons (Fsp3) is 0.217. The Balaban J connectivity index is 1.90. The van der Waals surface area contributed by atoms with E-state index in [1.807, 2.05) is 60.9 Å². The van der Waals surface area contributed by atoms with Crippen molar-refractivity contribution in [3.05, 3.63) is 70.7 Å². The molecule has 0 fully saturated rings. The Morgan fingerprint density at radius 1 is 1.20 bits per heavy atom. The van der Waals surface area contributed by atoms with Crippen molar-refractivity contribution in [2.45, 2.75) is 13.0 Å². The predicted octanol–water partition coefficient (Wildman–Crippen LogP) is 4.99. The lowest BCUT2D eigenvalue weighted by Gasteiger charge is -2.15. The third-order valence-corrected chi connectivity index (χ3v) is 4.87. The van der Waals surface area contributed by atoms with E-state index in [-0.39, 0.29) is 12.0 Å². The third kappa shape index (κ3) is 5.92. The van der Waals surface area contributed by atoms with Gasteiger partial charge in [0.1, 0.15) is 17.6 Å². The number of carbonyl (C=O) groups excluding carboxylic acids is 1. The van der Waals surface area contributed by atoms with Gasteiger partial charge in [0.2, 0.25) is 0 Å². The van der Waals surface area contributed by atoms with Crippen molar-refractivity contribution >= 4 is 34.5 Å². The van der Waals surface area contributed by atoms with Crippen molar-refractivity contribution in [1.29, 1.82) is 0 Å². The standard InChI is InChI=1S/C23H24N2O4S/c1-16(15-27-2)29-20-13-17(8-9-18-6-4-5-7-21(18)28-3)12-19(14-20)22(26)25-23-24-10-11-30-23/h4-14,16H,15H2,1-3H3,(H,24,25,26)/t16-/m0/s1. The van der Waals surface area contributed by atoms with Gasteiger partial charge in [-0.1, -0.05) is 30.4 Å². The minimum absolute atomic E-state index is 0.154. The van der Waals surface area contributed by atoms with Crippen LogP contribution in [0.3, 0.4) is 0 Å². The summed E-state index contributed by atoms with van der Waals surface area (Å²) in [7, 11) is 3.26. The van der Waals surface area contributed by atoms with Crippen molar-refractivity contribution in [2.75, 3.05) is 26.1 Å². The highest BCUT2D eigenvalue weighted by atomic mass is 32.1. The minimum Gasteiger partial charge on any atom is -0.496 e. The fourth-order valence-electron chi connectivity index (χ4n) is 2.86. The number of nitrogens with zero attached hydrogens (tertiary/aromatic N) is 1. The first-order valence-electron chi connectivity index (χ1n) is 9.41. The first kappa shape index (κ1) is 21.5. The summed E-state index contributed by atoms with van der Waals surface area (Å²) in [6.45, 7) is 2.36. The van der Waals surface area contributed by atoms with E-state index in [9.17, 15) is 4.79 Å². The van der Waals surface area contributed by atoms with Crippen LogP contribution in [0.5, 0.6) is 11.5 Å². The molecular weight excluding hydrogens is 400 g/mol. The number of anilines is 1. The maximum Gasteiger partial charge on any atom is 0.257 e. The molecule has 0 aliphatic rings. The third-order valence-electron chi connectivity index (χ3n) is 4.18. The summed E-state index contributed by atoms with van der Waals surface area (Å²) in [5.74, 6) is 1.12. The Bertz CT molecular complexity index is 1000. The van der Waals surface area contributed by atoms with Crippen LogP contribution >= 0.6 is 11.3 Å². The van der Waals surface area contributed by atoms with Gasteiger partial charge in [-0.2, -0.15) is 0 Å². The van der Waals surface area contributed by atoms with E-state index >= 15 is 0 Å². The van der Waals surface area contributed by atoms with Gasteiger partial charge in [0.25, 0.3) is 5.91 Å². The molecule has 3 rings (SSSR count). The van der Waals surface area contributed by atoms with Crippen LogP contribution in [0, 0.1) is 0 Å². The second-order valence-electron chi connectivity index (χ2n) is 6.54. The lowest BCUT2D eigenvalue weighted by atomic mass is 10.1. The lowest BCUT2D eigenvalue weighted by molar-refractivity contribution is 0.0917. The summed E-state index contributed by atoms with van der Waals surface area (Å²) in [4.78, 5) is 16.8. The average Bonchev–Trinajstić information content (AvgIpc) is 3.25. The molecule has 0 bridgehead atoms. The van der Waals surface area contributed by atoms with E-state index < -0.39 is 0 Å². The normalized spacial score (nSPS) is 12.0. The molecule has 0 aliphatic heterocycles. The Morgan fingerprint density at radius 3 is 2.77 bits per heavy atom. The zero-order valence-corrected chi connectivity index (χ0v) is 17.9. The number of benzene rings is 2. The van der Waals surface area contributed by atoms with Gasteiger partial charge in [0, 0.05) is 29.8 Å². The highest BCUT2D eigenvalue weighted by molar-refractivity contribution is 7.13. The molecule has 30 heavy (non-hydrogen) atoms. The number of nitrogens with one attached hydrogen (secondary N) is 1. The molecule has 0 unspecified atom stereocenters. The van der Waals surface area contributed by atoms with E-state index in [0.29, 0.717) is 23.1 Å². The molecular formula is C23H24N2O4S. The molecule has 2 aromatic carbocycles. The number of rotatable bonds is 9. The lowest BCUT2D eigenvalue weighted by Crippen LogP contribution is -2.18. The van der Waals surface area contributed by atoms with Crippen molar-refractivity contribution < 1.29 is 19.0 Å². The SMILES string of the molecule is COC[C@H](C)Oc1cc(C=Cc2ccccc2OC)cc(C(=O)Nc2nccs2)c1. The van der Waals surface area contributed by atoms with Crippen LogP contribution in [0.1, 0.15) is 28.4 Å². The van der Waals surface area contributed by atoms with Gasteiger partial charge in [-0.25, -0.2) is 4.98 Å². The van der Waals surface area contributed by atoms with Gasteiger partial charge >= 0.3 is 0 Å². The van der Waals surface area contributed by atoms with Crippen molar-refractivity contribution in [1.82, 2.24) is 4.98 Å². The van der Waals surface area contributed by atoms with Gasteiger partial charge in [0.05, 0.1) is 13.7 Å². The zero-order chi connectivity index (χ0) is 21.3. The topological polar surface area (TPSA) is 69.7 Å². The molecule has 156 valence electrons. The monoisotopic (exact) mass is 424 g/mol. The number of methoxy groups -OCH3 is 2. The maximum atomic E-state index is 12.7. The molecule has 0 saturated carbocycles. The van der Waals surface area contributed by atoms with Crippen molar-refractivity contribution in [2.24, 2.45) is 0 Å². The highest BCUT2D eigenvalue weighted by Crippen LogP contribution is 2.24. The number of amides is 1. The molecule has 7 heteroatoms. The van der Waals surface area contributed by atoms with Gasteiger partial charge in [-0.15, -0.1) is 11.3 Å². The largest absolute Gasteiger partial charge is 0.496 e. The Morgan fingerprint density at radius 2 is 2.03 bits per heavy atom. The Hall–Kier alpha value is -3.16. The van der Waals surface area contributed by atoms with E-state index in [2.05, 4.69) is 10.3 Å². The van der Waals surface area contributed by atoms with E-state index in [4.69, 9.17) is 14.2 Å². The molecule has 0 spiro atoms. The number of para-hydroxylation sites is 1. The number of hydrogen-bond acceptors (Lipinski definition) is 6. The van der Waals surface area contributed by atoms with E-state index in [1.54, 1.807) is 26.5 Å². The quantitative estimate of drug-likeness (QED) is 0.490. The molecule has 0 aliphatic carbocycles. The number of hydrogen-bond donors (Lipinski definition) is 1. The molecule has 1 N–H and O–H groups in total. The highest BCUT2D eigenvalue weighted by Gasteiger charge is 2.12. The van der Waals surface area contributed by atoms with Crippen molar-refractivity contribution in [3.8, 4) is 11.5 Å². The summed E-state index contributed by atoms with van der Waals surface area (Å²) < 4.78 is 16.5. The fourth-order valence-corrected chi connectivity index (χ4v) is 3.39. The second-order valence-corrected chi connectivity index (χ2v) is 7.44. The van der Waals surface area contributed by atoms with Crippen LogP contribution in [-0.2, 0) is 4.74 Å². The number of thiazole rings is 1. The molecule has 3 aromatic rings. The number of carbonyl (C=O) groups is 1. The Kier molecular flexibility index (Phi) is 7.59. The predicted molar refractivity (Wildman–Crippen MR) is 120 cm³/mol. The molecule has 1 atom stereocenters. The van der Waals surface area contributed by atoms with Crippen LogP contribution in [0.15, 0.2) is 54.0 Å². The van der Waals surface area contributed by atoms with Gasteiger partial charge in [-0.3, -0.25) is 10.1 Å². The summed E-state index contributed by atoms with van der Waals surface area (Å²) in [5, 5.41) is 5.16. The zero-order valence-electron chi connectivity index (χ0n) is 17.1. The van der Waals surface area contributed by atoms with Crippen LogP contribution in [0.25, 0.3) is 12.2 Å². The van der Waals surface area contributed by atoms with Crippen LogP contribution < -0.4 is 14.8 Å². The molecule has 1 heterocycles. The summed E-state index contributed by atoms with van der Waals surface area (Å²) in [6.07, 6.45) is 5.36.